The average Bonchev–Trinajstić information content (AvgIpc) is 2.63. The molecule has 0 saturated carbocycles. The number of hydrogen-bond acceptors (Lipinski definition) is 5. The Labute approximate surface area is 151 Å². The minimum absolute atomic E-state index is 0.0244. The van der Waals surface area contributed by atoms with Gasteiger partial charge >= 0.3 is 0 Å². The van der Waals surface area contributed by atoms with Gasteiger partial charge in [-0.2, -0.15) is 0 Å². The fraction of sp³-hybridized carbons (Fsp3) is 0.889. The van der Waals surface area contributed by atoms with Gasteiger partial charge in [-0.25, -0.2) is 0 Å². The summed E-state index contributed by atoms with van der Waals surface area (Å²) in [6.07, 6.45) is 3.02. The van der Waals surface area contributed by atoms with Crippen LogP contribution in [0.1, 0.15) is 26.2 Å². The van der Waals surface area contributed by atoms with Crippen molar-refractivity contribution < 1.29 is 14.3 Å². The number of carbonyl (C=O) groups excluding carboxylic acids is 2. The summed E-state index contributed by atoms with van der Waals surface area (Å²) in [5.74, 6) is 1.42. The molecule has 2 amide bonds. The molecule has 144 valence electrons. The van der Waals surface area contributed by atoms with E-state index in [1.165, 1.54) is 12.8 Å². The summed E-state index contributed by atoms with van der Waals surface area (Å²) in [4.78, 5) is 28.5. The lowest BCUT2D eigenvalue weighted by Gasteiger charge is -2.35. The van der Waals surface area contributed by atoms with Crippen LogP contribution in [0.2, 0.25) is 0 Å². The van der Waals surface area contributed by atoms with Gasteiger partial charge < -0.3 is 20.3 Å². The predicted molar refractivity (Wildman–Crippen MR) is 97.3 cm³/mol. The zero-order valence-corrected chi connectivity index (χ0v) is 15.8. The number of carbonyl (C=O) groups is 2. The minimum atomic E-state index is 0.0244. The first-order valence-electron chi connectivity index (χ1n) is 9.56. The smallest absolute Gasteiger partial charge is 0.234 e. The Hall–Kier alpha value is -1.18. The van der Waals surface area contributed by atoms with Crippen molar-refractivity contribution in [3.63, 3.8) is 0 Å². The van der Waals surface area contributed by atoms with E-state index < -0.39 is 0 Å². The van der Waals surface area contributed by atoms with Crippen molar-refractivity contribution >= 4 is 11.8 Å². The van der Waals surface area contributed by atoms with Crippen LogP contribution in [0.25, 0.3) is 0 Å². The van der Waals surface area contributed by atoms with Gasteiger partial charge in [-0.15, -0.1) is 0 Å². The Kier molecular flexibility index (Phi) is 8.64. The molecule has 25 heavy (non-hydrogen) atoms. The van der Waals surface area contributed by atoms with Crippen LogP contribution in [0, 0.1) is 11.8 Å². The predicted octanol–water partition coefficient (Wildman–Crippen LogP) is -0.0810. The summed E-state index contributed by atoms with van der Waals surface area (Å²) in [6, 6.07) is 0. The van der Waals surface area contributed by atoms with E-state index in [9.17, 15) is 9.59 Å². The van der Waals surface area contributed by atoms with E-state index in [2.05, 4.69) is 22.5 Å². The first kappa shape index (κ1) is 20.1. The second-order valence-corrected chi connectivity index (χ2v) is 7.27. The molecule has 2 heterocycles. The third kappa shape index (κ3) is 6.92. The molecular formula is C18H34N4O3. The zero-order chi connectivity index (χ0) is 18.1. The Morgan fingerprint density at radius 1 is 1.20 bits per heavy atom. The van der Waals surface area contributed by atoms with Gasteiger partial charge in [0.25, 0.3) is 0 Å². The zero-order valence-electron chi connectivity index (χ0n) is 15.8. The normalized spacial score (nSPS) is 21.1. The van der Waals surface area contributed by atoms with E-state index in [1.807, 2.05) is 4.90 Å². The van der Waals surface area contributed by atoms with Gasteiger partial charge in [0.2, 0.25) is 11.8 Å². The van der Waals surface area contributed by atoms with Crippen LogP contribution in [-0.4, -0.2) is 87.7 Å². The third-order valence-corrected chi connectivity index (χ3v) is 5.41. The van der Waals surface area contributed by atoms with Gasteiger partial charge in [0.15, 0.2) is 0 Å². The monoisotopic (exact) mass is 354 g/mol. The molecule has 0 spiro atoms. The van der Waals surface area contributed by atoms with Gasteiger partial charge in [0.1, 0.15) is 0 Å². The standard InChI is InChI=1S/C18H34N4O3/c1-15(16-3-5-19-6-4-16)13-18(24)22-10-8-21(9-11-22)14-17(23)20-7-12-25-2/h15-16,19H,3-14H2,1-2H3,(H,20,23). The highest BCUT2D eigenvalue weighted by Crippen LogP contribution is 2.25. The molecule has 2 aliphatic heterocycles. The summed E-state index contributed by atoms with van der Waals surface area (Å²) in [7, 11) is 1.62. The lowest BCUT2D eigenvalue weighted by molar-refractivity contribution is -0.134. The summed E-state index contributed by atoms with van der Waals surface area (Å²) in [5, 5.41) is 6.22. The van der Waals surface area contributed by atoms with Crippen molar-refractivity contribution in [3.05, 3.63) is 0 Å². The van der Waals surface area contributed by atoms with Gasteiger partial charge in [0.05, 0.1) is 13.2 Å². The highest BCUT2D eigenvalue weighted by Gasteiger charge is 2.26. The number of methoxy groups -OCH3 is 1. The maximum Gasteiger partial charge on any atom is 0.234 e. The van der Waals surface area contributed by atoms with Gasteiger partial charge in [0, 0.05) is 46.3 Å². The molecule has 2 N–H and O–H groups in total. The lowest BCUT2D eigenvalue weighted by atomic mass is 9.84. The Bertz CT molecular complexity index is 419. The number of piperidine rings is 1. The number of nitrogens with one attached hydrogen (secondary N) is 2. The molecule has 1 unspecified atom stereocenters. The van der Waals surface area contributed by atoms with Crippen LogP contribution in [0.5, 0.6) is 0 Å². The number of rotatable bonds is 8. The van der Waals surface area contributed by atoms with Crippen molar-refractivity contribution in [1.82, 2.24) is 20.4 Å². The molecule has 2 aliphatic rings. The van der Waals surface area contributed by atoms with Crippen LogP contribution in [0.3, 0.4) is 0 Å². The first-order chi connectivity index (χ1) is 12.1. The Balaban J connectivity index is 1.65. The summed E-state index contributed by atoms with van der Waals surface area (Å²) in [6.45, 7) is 8.84. The largest absolute Gasteiger partial charge is 0.383 e. The Morgan fingerprint density at radius 3 is 2.52 bits per heavy atom. The number of hydrogen-bond donors (Lipinski definition) is 2. The summed E-state index contributed by atoms with van der Waals surface area (Å²) >= 11 is 0. The van der Waals surface area contributed by atoms with Crippen molar-refractivity contribution in [2.24, 2.45) is 11.8 Å². The average molecular weight is 354 g/mol. The van der Waals surface area contributed by atoms with Crippen LogP contribution >= 0.6 is 0 Å². The van der Waals surface area contributed by atoms with Crippen molar-refractivity contribution in [2.45, 2.75) is 26.2 Å². The molecule has 0 aromatic heterocycles. The van der Waals surface area contributed by atoms with Crippen molar-refractivity contribution in [2.75, 3.05) is 66.1 Å². The summed E-state index contributed by atoms with van der Waals surface area (Å²) in [5.41, 5.74) is 0. The molecule has 2 rings (SSSR count). The molecule has 2 saturated heterocycles. The van der Waals surface area contributed by atoms with E-state index in [4.69, 9.17) is 4.74 Å². The van der Waals surface area contributed by atoms with Crippen molar-refractivity contribution in [3.8, 4) is 0 Å². The molecule has 0 aromatic rings. The first-order valence-corrected chi connectivity index (χ1v) is 9.56. The molecule has 0 aromatic carbocycles. The Morgan fingerprint density at radius 2 is 1.88 bits per heavy atom. The van der Waals surface area contributed by atoms with Crippen LogP contribution in [-0.2, 0) is 14.3 Å². The second kappa shape index (κ2) is 10.7. The van der Waals surface area contributed by atoms with Crippen molar-refractivity contribution in [1.29, 1.82) is 0 Å². The van der Waals surface area contributed by atoms with E-state index in [0.29, 0.717) is 38.0 Å². The number of nitrogens with zero attached hydrogens (tertiary/aromatic N) is 2. The molecule has 7 heteroatoms. The number of amides is 2. The van der Waals surface area contributed by atoms with E-state index in [0.717, 1.165) is 39.3 Å². The van der Waals surface area contributed by atoms with Gasteiger partial charge in [-0.1, -0.05) is 6.92 Å². The lowest BCUT2D eigenvalue weighted by Crippen LogP contribution is -2.51. The van der Waals surface area contributed by atoms with E-state index in [1.54, 1.807) is 7.11 Å². The fourth-order valence-electron chi connectivity index (χ4n) is 3.69. The highest BCUT2D eigenvalue weighted by atomic mass is 16.5. The molecule has 1 atom stereocenters. The van der Waals surface area contributed by atoms with Crippen LogP contribution in [0.15, 0.2) is 0 Å². The molecule has 0 aliphatic carbocycles. The number of piperazine rings is 1. The SMILES string of the molecule is COCCNC(=O)CN1CCN(C(=O)CC(C)C2CCNCC2)CC1. The van der Waals surface area contributed by atoms with Gasteiger partial charge in [-0.05, 0) is 37.8 Å². The minimum Gasteiger partial charge on any atom is -0.383 e. The fourth-order valence-corrected chi connectivity index (χ4v) is 3.69. The van der Waals surface area contributed by atoms with E-state index in [-0.39, 0.29) is 11.8 Å². The van der Waals surface area contributed by atoms with Crippen LogP contribution in [0.4, 0.5) is 0 Å². The molecule has 0 radical (unpaired) electrons. The number of ether oxygens (including phenoxy) is 1. The molecule has 2 fully saturated rings. The molecular weight excluding hydrogens is 320 g/mol. The third-order valence-electron chi connectivity index (χ3n) is 5.41. The quantitative estimate of drug-likeness (QED) is 0.597. The molecule has 7 nitrogen and oxygen atoms in total. The second-order valence-electron chi connectivity index (χ2n) is 7.27. The molecule has 0 bridgehead atoms. The van der Waals surface area contributed by atoms with Gasteiger partial charge in [-0.3, -0.25) is 14.5 Å². The van der Waals surface area contributed by atoms with E-state index >= 15 is 0 Å². The maximum atomic E-state index is 12.6. The van der Waals surface area contributed by atoms with Crippen LogP contribution < -0.4 is 10.6 Å². The maximum absolute atomic E-state index is 12.6. The topological polar surface area (TPSA) is 73.9 Å². The summed E-state index contributed by atoms with van der Waals surface area (Å²) < 4.78 is 4.92. The highest BCUT2D eigenvalue weighted by molar-refractivity contribution is 5.78.